The van der Waals surface area contributed by atoms with Gasteiger partial charge in [0.05, 0.1) is 4.90 Å². The molecule has 1 aromatic rings. The smallest absolute Gasteiger partial charge is 0.242 e. The number of carbonyl (C=O) groups is 2. The van der Waals surface area contributed by atoms with Gasteiger partial charge in [-0.05, 0) is 37.8 Å². The number of nitrogens with zero attached hydrogens (tertiary/aromatic N) is 1. The van der Waals surface area contributed by atoms with E-state index in [1.807, 2.05) is 0 Å². The molecule has 0 aliphatic heterocycles. The average molecular weight is 368 g/mol. The number of carbonyl (C=O) groups excluding carboxylic acids is 2. The monoisotopic (exact) mass is 368 g/mol. The minimum absolute atomic E-state index is 0.0581. The van der Waals surface area contributed by atoms with Gasteiger partial charge in [0.1, 0.15) is 0 Å². The zero-order valence-corrected chi connectivity index (χ0v) is 16.2. The van der Waals surface area contributed by atoms with E-state index >= 15 is 0 Å². The number of hydrogen-bond acceptors (Lipinski definition) is 4. The molecule has 0 heterocycles. The Morgan fingerprint density at radius 3 is 2.28 bits per heavy atom. The van der Waals surface area contributed by atoms with Crippen molar-refractivity contribution in [2.75, 3.05) is 20.1 Å². The summed E-state index contributed by atoms with van der Waals surface area (Å²) in [5, 5.41) is 2.84. The predicted molar refractivity (Wildman–Crippen MR) is 98.0 cm³/mol. The Hall–Kier alpha value is -1.73. The highest BCUT2D eigenvalue weighted by Gasteiger charge is 2.20. The maximum atomic E-state index is 12.5. The summed E-state index contributed by atoms with van der Waals surface area (Å²) in [4.78, 5) is 23.1. The van der Waals surface area contributed by atoms with Gasteiger partial charge < -0.3 is 5.32 Å². The van der Waals surface area contributed by atoms with Crippen LogP contribution in [0.15, 0.2) is 29.2 Å². The van der Waals surface area contributed by atoms with Crippen LogP contribution < -0.4 is 5.32 Å². The summed E-state index contributed by atoms with van der Waals surface area (Å²) in [7, 11) is -2.13. The Balaban J connectivity index is 2.51. The van der Waals surface area contributed by atoms with E-state index in [0.717, 1.165) is 6.42 Å². The van der Waals surface area contributed by atoms with Gasteiger partial charge in [-0.2, -0.15) is 0 Å². The van der Waals surface area contributed by atoms with Crippen LogP contribution in [0.3, 0.4) is 0 Å². The number of benzene rings is 1. The molecule has 1 N–H and O–H groups in total. The second-order valence-electron chi connectivity index (χ2n) is 6.54. The van der Waals surface area contributed by atoms with Gasteiger partial charge in [0, 0.05) is 32.1 Å². The predicted octanol–water partition coefficient (Wildman–Crippen LogP) is 2.45. The topological polar surface area (TPSA) is 83.6 Å². The van der Waals surface area contributed by atoms with E-state index < -0.39 is 10.0 Å². The molecular formula is C18H28N2O4S. The van der Waals surface area contributed by atoms with E-state index in [-0.39, 0.29) is 23.1 Å². The van der Waals surface area contributed by atoms with Crippen LogP contribution in [0.1, 0.15) is 50.4 Å². The fraction of sp³-hybridized carbons (Fsp3) is 0.556. The SMILES string of the molecule is CC(=O)c1ccc(S(=O)(=O)N(C)CCCC(=O)NCCC(C)C)cc1. The van der Waals surface area contributed by atoms with Gasteiger partial charge in [-0.1, -0.05) is 26.0 Å². The third-order valence-corrected chi connectivity index (χ3v) is 5.76. The highest BCUT2D eigenvalue weighted by atomic mass is 32.2. The van der Waals surface area contributed by atoms with Gasteiger partial charge in [0.15, 0.2) is 5.78 Å². The van der Waals surface area contributed by atoms with E-state index in [1.54, 1.807) is 0 Å². The van der Waals surface area contributed by atoms with Crippen LogP contribution >= 0.6 is 0 Å². The zero-order chi connectivity index (χ0) is 19.0. The van der Waals surface area contributed by atoms with Gasteiger partial charge >= 0.3 is 0 Å². The lowest BCUT2D eigenvalue weighted by atomic mass is 10.1. The van der Waals surface area contributed by atoms with Crippen molar-refractivity contribution >= 4 is 21.7 Å². The van der Waals surface area contributed by atoms with Crippen molar-refractivity contribution in [2.24, 2.45) is 5.92 Å². The second kappa shape index (κ2) is 9.68. The summed E-state index contributed by atoms with van der Waals surface area (Å²) in [6, 6.07) is 5.87. The first-order valence-electron chi connectivity index (χ1n) is 8.48. The fourth-order valence-corrected chi connectivity index (χ4v) is 3.42. The van der Waals surface area contributed by atoms with Crippen LogP contribution in [0, 0.1) is 5.92 Å². The number of hydrogen-bond donors (Lipinski definition) is 1. The summed E-state index contributed by atoms with van der Waals surface area (Å²) in [5.41, 5.74) is 0.472. The van der Waals surface area contributed by atoms with Gasteiger partial charge in [0.2, 0.25) is 15.9 Å². The summed E-state index contributed by atoms with van der Waals surface area (Å²) in [6.45, 7) is 6.52. The van der Waals surface area contributed by atoms with E-state index in [9.17, 15) is 18.0 Å². The lowest BCUT2D eigenvalue weighted by Gasteiger charge is -2.17. The summed E-state index contributed by atoms with van der Waals surface area (Å²) in [5.74, 6) is 0.365. The molecule has 0 aromatic heterocycles. The molecule has 0 spiro atoms. The molecule has 1 aromatic carbocycles. The van der Waals surface area contributed by atoms with Crippen molar-refractivity contribution in [2.45, 2.75) is 44.9 Å². The van der Waals surface area contributed by atoms with E-state index in [2.05, 4.69) is 19.2 Å². The van der Waals surface area contributed by atoms with Crippen molar-refractivity contribution in [3.05, 3.63) is 29.8 Å². The molecule has 1 rings (SSSR count). The summed E-state index contributed by atoms with van der Waals surface area (Å²) in [6.07, 6.45) is 1.67. The Morgan fingerprint density at radius 2 is 1.76 bits per heavy atom. The molecule has 0 unspecified atom stereocenters. The summed E-state index contributed by atoms with van der Waals surface area (Å²) >= 11 is 0. The summed E-state index contributed by atoms with van der Waals surface area (Å²) < 4.78 is 26.2. The molecule has 0 aliphatic rings. The van der Waals surface area contributed by atoms with Gasteiger partial charge in [-0.15, -0.1) is 0 Å². The molecule has 0 saturated heterocycles. The van der Waals surface area contributed by atoms with Crippen LogP contribution in [0.4, 0.5) is 0 Å². The van der Waals surface area contributed by atoms with E-state index in [4.69, 9.17) is 0 Å². The highest BCUT2D eigenvalue weighted by Crippen LogP contribution is 2.16. The van der Waals surface area contributed by atoms with Crippen LogP contribution in [-0.4, -0.2) is 44.6 Å². The minimum atomic E-state index is -3.62. The van der Waals surface area contributed by atoms with Crippen molar-refractivity contribution in [3.8, 4) is 0 Å². The first-order valence-corrected chi connectivity index (χ1v) is 9.92. The molecule has 25 heavy (non-hydrogen) atoms. The number of rotatable bonds is 10. The first kappa shape index (κ1) is 21.3. The Bertz CT molecular complexity index is 682. The molecule has 0 bridgehead atoms. The van der Waals surface area contributed by atoms with Crippen LogP contribution in [0.2, 0.25) is 0 Å². The van der Waals surface area contributed by atoms with Crippen molar-refractivity contribution in [3.63, 3.8) is 0 Å². The highest BCUT2D eigenvalue weighted by molar-refractivity contribution is 7.89. The van der Waals surface area contributed by atoms with Crippen molar-refractivity contribution < 1.29 is 18.0 Å². The molecule has 0 radical (unpaired) electrons. The van der Waals surface area contributed by atoms with Crippen LogP contribution in [0.5, 0.6) is 0 Å². The number of amides is 1. The first-order chi connectivity index (χ1) is 11.6. The molecule has 1 amide bonds. The number of sulfonamides is 1. The lowest BCUT2D eigenvalue weighted by Crippen LogP contribution is -2.30. The molecule has 0 saturated carbocycles. The van der Waals surface area contributed by atoms with E-state index in [0.29, 0.717) is 30.9 Å². The number of ketones is 1. The normalized spacial score (nSPS) is 11.8. The van der Waals surface area contributed by atoms with Crippen molar-refractivity contribution in [1.82, 2.24) is 9.62 Å². The fourth-order valence-electron chi connectivity index (χ4n) is 2.21. The van der Waals surface area contributed by atoms with Crippen molar-refractivity contribution in [1.29, 1.82) is 0 Å². The third kappa shape index (κ3) is 6.96. The maximum absolute atomic E-state index is 12.5. The van der Waals surface area contributed by atoms with Gasteiger partial charge in [-0.3, -0.25) is 9.59 Å². The minimum Gasteiger partial charge on any atom is -0.356 e. The quantitative estimate of drug-likeness (QED) is 0.643. The molecule has 6 nitrogen and oxygen atoms in total. The standard InChI is InChI=1S/C18H28N2O4S/c1-14(2)11-12-19-18(22)6-5-13-20(4)25(23,24)17-9-7-16(8-10-17)15(3)21/h7-10,14H,5-6,11-13H2,1-4H3,(H,19,22). The molecule has 0 atom stereocenters. The second-order valence-corrected chi connectivity index (χ2v) is 8.59. The Kier molecular flexibility index (Phi) is 8.25. The average Bonchev–Trinajstić information content (AvgIpc) is 2.54. The molecule has 0 aliphatic carbocycles. The molecule has 140 valence electrons. The molecular weight excluding hydrogens is 340 g/mol. The Labute approximate surface area is 150 Å². The largest absolute Gasteiger partial charge is 0.356 e. The number of Topliss-reactive ketones (excluding diaryl/α,β-unsaturated/α-hetero) is 1. The van der Waals surface area contributed by atoms with Gasteiger partial charge in [-0.25, -0.2) is 12.7 Å². The Morgan fingerprint density at radius 1 is 1.16 bits per heavy atom. The lowest BCUT2D eigenvalue weighted by molar-refractivity contribution is -0.121. The van der Waals surface area contributed by atoms with Gasteiger partial charge in [0.25, 0.3) is 0 Å². The van der Waals surface area contributed by atoms with Crippen LogP contribution in [-0.2, 0) is 14.8 Å². The molecule has 7 heteroatoms. The van der Waals surface area contributed by atoms with E-state index in [1.165, 1.54) is 42.5 Å². The van der Waals surface area contributed by atoms with Crippen LogP contribution in [0.25, 0.3) is 0 Å². The third-order valence-electron chi connectivity index (χ3n) is 3.89. The maximum Gasteiger partial charge on any atom is 0.242 e. The number of nitrogens with one attached hydrogen (secondary N) is 1. The zero-order valence-electron chi connectivity index (χ0n) is 15.4. The molecule has 0 fully saturated rings.